The van der Waals surface area contributed by atoms with E-state index in [0.29, 0.717) is 12.1 Å². The number of H-pyrrole nitrogens is 1. The van der Waals surface area contributed by atoms with Crippen molar-refractivity contribution in [3.05, 3.63) is 64.6 Å². The van der Waals surface area contributed by atoms with Crippen molar-refractivity contribution < 1.29 is 4.79 Å². The molecule has 1 aromatic carbocycles. The second-order valence-corrected chi connectivity index (χ2v) is 5.97. The molecule has 3 rings (SSSR count). The summed E-state index contributed by atoms with van der Waals surface area (Å²) in [7, 11) is 0. The normalized spacial score (nSPS) is 10.9. The molecule has 2 N–H and O–H groups in total. The Labute approximate surface area is 136 Å². The third-order valence-corrected chi connectivity index (χ3v) is 4.17. The fourth-order valence-electron chi connectivity index (χ4n) is 3.07. The van der Waals surface area contributed by atoms with E-state index in [4.69, 9.17) is 0 Å². The zero-order valence-corrected chi connectivity index (χ0v) is 13.7. The molecule has 1 amide bonds. The van der Waals surface area contributed by atoms with E-state index in [1.807, 2.05) is 0 Å². The highest BCUT2D eigenvalue weighted by molar-refractivity contribution is 5.94. The number of carbonyl (C=O) groups is 1. The topological polar surface area (TPSA) is 57.8 Å². The maximum Gasteiger partial charge on any atom is 0.251 e. The molecule has 0 aliphatic heterocycles. The zero-order valence-electron chi connectivity index (χ0n) is 13.7. The summed E-state index contributed by atoms with van der Waals surface area (Å²) in [5.74, 6) is -0.0581. The van der Waals surface area contributed by atoms with Crippen LogP contribution in [0.4, 0.5) is 0 Å². The molecule has 2 aromatic heterocycles. The predicted molar refractivity (Wildman–Crippen MR) is 92.8 cm³/mol. The van der Waals surface area contributed by atoms with Crippen LogP contribution in [0.1, 0.15) is 32.7 Å². The van der Waals surface area contributed by atoms with E-state index in [0.717, 1.165) is 6.42 Å². The molecule has 0 aliphatic rings. The van der Waals surface area contributed by atoms with Crippen LogP contribution < -0.4 is 5.32 Å². The highest BCUT2D eigenvalue weighted by atomic mass is 16.1. The van der Waals surface area contributed by atoms with Crippen molar-refractivity contribution in [3.8, 4) is 0 Å². The smallest absolute Gasteiger partial charge is 0.251 e. The van der Waals surface area contributed by atoms with Gasteiger partial charge < -0.3 is 10.3 Å². The monoisotopic (exact) mass is 307 g/mol. The number of pyridine rings is 1. The largest absolute Gasteiger partial charge is 0.358 e. The van der Waals surface area contributed by atoms with Crippen LogP contribution >= 0.6 is 0 Å². The van der Waals surface area contributed by atoms with E-state index in [-0.39, 0.29) is 5.91 Å². The molecule has 0 saturated heterocycles. The van der Waals surface area contributed by atoms with Crippen molar-refractivity contribution in [1.29, 1.82) is 0 Å². The standard InChI is InChI=1S/C19H21N3O/c1-12-10-13(2)18-17(11-12)16(14(3)22-18)6-9-21-19(23)15-4-7-20-8-5-15/h4-5,7-8,10-11,22H,6,9H2,1-3H3,(H,21,23). The first kappa shape index (κ1) is 15.3. The van der Waals surface area contributed by atoms with Gasteiger partial charge in [0, 0.05) is 41.1 Å². The Hall–Kier alpha value is -2.62. The van der Waals surface area contributed by atoms with Crippen molar-refractivity contribution in [1.82, 2.24) is 15.3 Å². The van der Waals surface area contributed by atoms with Gasteiger partial charge in [0.1, 0.15) is 0 Å². The van der Waals surface area contributed by atoms with E-state index in [9.17, 15) is 4.79 Å². The van der Waals surface area contributed by atoms with Crippen LogP contribution in [0.25, 0.3) is 10.9 Å². The summed E-state index contributed by atoms with van der Waals surface area (Å²) in [5.41, 5.74) is 6.81. The SMILES string of the molecule is Cc1cc(C)c2[nH]c(C)c(CCNC(=O)c3ccncc3)c2c1. The molecule has 4 nitrogen and oxygen atoms in total. The number of fused-ring (bicyclic) bond motifs is 1. The highest BCUT2D eigenvalue weighted by Gasteiger charge is 2.11. The number of rotatable bonds is 4. The summed E-state index contributed by atoms with van der Waals surface area (Å²) < 4.78 is 0. The van der Waals surface area contributed by atoms with Gasteiger partial charge in [-0.15, -0.1) is 0 Å². The molecule has 0 saturated carbocycles. The number of carbonyl (C=O) groups excluding carboxylic acids is 1. The van der Waals surface area contributed by atoms with Gasteiger partial charge in [0.15, 0.2) is 0 Å². The van der Waals surface area contributed by atoms with Crippen LogP contribution in [0.5, 0.6) is 0 Å². The fraction of sp³-hybridized carbons (Fsp3) is 0.263. The van der Waals surface area contributed by atoms with E-state index < -0.39 is 0 Å². The van der Waals surface area contributed by atoms with E-state index in [1.54, 1.807) is 24.5 Å². The lowest BCUT2D eigenvalue weighted by Gasteiger charge is -2.06. The first-order valence-electron chi connectivity index (χ1n) is 7.83. The molecule has 0 aliphatic carbocycles. The molecule has 0 unspecified atom stereocenters. The molecule has 23 heavy (non-hydrogen) atoms. The number of amides is 1. The molecular weight excluding hydrogens is 286 g/mol. The number of aromatic nitrogens is 2. The van der Waals surface area contributed by atoms with Crippen molar-refractivity contribution in [3.63, 3.8) is 0 Å². The Morgan fingerprint density at radius 1 is 1.17 bits per heavy atom. The van der Waals surface area contributed by atoms with Gasteiger partial charge in [-0.25, -0.2) is 0 Å². The Morgan fingerprint density at radius 2 is 1.91 bits per heavy atom. The van der Waals surface area contributed by atoms with Gasteiger partial charge in [-0.05, 0) is 56.5 Å². The lowest BCUT2D eigenvalue weighted by atomic mass is 10.0. The number of benzene rings is 1. The molecule has 4 heteroatoms. The molecular formula is C19H21N3O. The minimum atomic E-state index is -0.0581. The third-order valence-electron chi connectivity index (χ3n) is 4.17. The molecule has 0 radical (unpaired) electrons. The van der Waals surface area contributed by atoms with Crippen molar-refractivity contribution in [2.45, 2.75) is 27.2 Å². The average molecular weight is 307 g/mol. The van der Waals surface area contributed by atoms with Gasteiger partial charge >= 0.3 is 0 Å². The quantitative estimate of drug-likeness (QED) is 0.775. The Morgan fingerprint density at radius 3 is 2.65 bits per heavy atom. The lowest BCUT2D eigenvalue weighted by molar-refractivity contribution is 0.0954. The van der Waals surface area contributed by atoms with Gasteiger partial charge in [-0.3, -0.25) is 9.78 Å². The Balaban J connectivity index is 1.75. The van der Waals surface area contributed by atoms with Gasteiger partial charge in [0.2, 0.25) is 0 Å². The fourth-order valence-corrected chi connectivity index (χ4v) is 3.07. The second kappa shape index (κ2) is 6.24. The van der Waals surface area contributed by atoms with Gasteiger partial charge in [-0.2, -0.15) is 0 Å². The summed E-state index contributed by atoms with van der Waals surface area (Å²) in [6.45, 7) is 6.95. The second-order valence-electron chi connectivity index (χ2n) is 5.97. The van der Waals surface area contributed by atoms with Gasteiger partial charge in [0.05, 0.1) is 0 Å². The van der Waals surface area contributed by atoms with Crippen LogP contribution in [-0.2, 0) is 6.42 Å². The number of hydrogen-bond acceptors (Lipinski definition) is 2. The maximum absolute atomic E-state index is 12.1. The Kier molecular flexibility index (Phi) is 4.15. The minimum absolute atomic E-state index is 0.0581. The van der Waals surface area contributed by atoms with Gasteiger partial charge in [0.25, 0.3) is 5.91 Å². The summed E-state index contributed by atoms with van der Waals surface area (Å²) in [6.07, 6.45) is 4.07. The van der Waals surface area contributed by atoms with Crippen molar-refractivity contribution >= 4 is 16.8 Å². The summed E-state index contributed by atoms with van der Waals surface area (Å²) in [5, 5.41) is 4.24. The first-order valence-corrected chi connectivity index (χ1v) is 7.83. The molecule has 0 atom stereocenters. The van der Waals surface area contributed by atoms with Crippen molar-refractivity contribution in [2.24, 2.45) is 0 Å². The minimum Gasteiger partial charge on any atom is -0.358 e. The molecule has 0 spiro atoms. The van der Waals surface area contributed by atoms with Gasteiger partial charge in [-0.1, -0.05) is 11.6 Å². The molecule has 3 aromatic rings. The first-order chi connectivity index (χ1) is 11.1. The number of nitrogens with one attached hydrogen (secondary N) is 2. The Bertz CT molecular complexity index is 850. The average Bonchev–Trinajstić information content (AvgIpc) is 2.85. The van der Waals surface area contributed by atoms with E-state index >= 15 is 0 Å². The molecule has 0 fully saturated rings. The molecule has 0 bridgehead atoms. The third kappa shape index (κ3) is 3.11. The summed E-state index contributed by atoms with van der Waals surface area (Å²) in [6, 6.07) is 7.84. The molecule has 118 valence electrons. The van der Waals surface area contributed by atoms with Crippen LogP contribution in [0, 0.1) is 20.8 Å². The van der Waals surface area contributed by atoms with E-state index in [1.165, 1.54) is 33.3 Å². The lowest BCUT2D eigenvalue weighted by Crippen LogP contribution is -2.25. The number of hydrogen-bond donors (Lipinski definition) is 2. The van der Waals surface area contributed by atoms with Crippen LogP contribution in [-0.4, -0.2) is 22.4 Å². The number of aromatic amines is 1. The highest BCUT2D eigenvalue weighted by Crippen LogP contribution is 2.26. The van der Waals surface area contributed by atoms with E-state index in [2.05, 4.69) is 48.2 Å². The molecule has 2 heterocycles. The van der Waals surface area contributed by atoms with Crippen molar-refractivity contribution in [2.75, 3.05) is 6.54 Å². The predicted octanol–water partition coefficient (Wildman–Crippen LogP) is 3.46. The maximum atomic E-state index is 12.1. The van der Waals surface area contributed by atoms with Crippen LogP contribution in [0.3, 0.4) is 0 Å². The summed E-state index contributed by atoms with van der Waals surface area (Å²) >= 11 is 0. The number of aryl methyl sites for hydroxylation is 3. The summed E-state index contributed by atoms with van der Waals surface area (Å²) in [4.78, 5) is 19.5. The van der Waals surface area contributed by atoms with Crippen LogP contribution in [0.2, 0.25) is 0 Å². The van der Waals surface area contributed by atoms with Crippen LogP contribution in [0.15, 0.2) is 36.7 Å². The number of nitrogens with zero attached hydrogens (tertiary/aromatic N) is 1. The zero-order chi connectivity index (χ0) is 16.4.